The lowest BCUT2D eigenvalue weighted by molar-refractivity contribution is 0.267. The van der Waals surface area contributed by atoms with E-state index in [9.17, 15) is 0 Å². The highest BCUT2D eigenvalue weighted by Gasteiger charge is 2.41. The molecule has 1 unspecified atom stereocenters. The van der Waals surface area contributed by atoms with Gasteiger partial charge >= 0.3 is 0 Å². The molecule has 0 bridgehead atoms. The van der Waals surface area contributed by atoms with Gasteiger partial charge in [-0.2, -0.15) is 0 Å². The van der Waals surface area contributed by atoms with E-state index in [1.807, 2.05) is 0 Å². The first-order valence-corrected chi connectivity index (χ1v) is 9.27. The highest BCUT2D eigenvalue weighted by atomic mass is 79.9. The molecule has 3 heteroatoms. The van der Waals surface area contributed by atoms with Crippen LogP contribution in [0.4, 0.5) is 5.69 Å². The monoisotopic (exact) mass is 350 g/mol. The van der Waals surface area contributed by atoms with Crippen molar-refractivity contribution in [1.29, 1.82) is 0 Å². The normalized spacial score (nSPS) is 24.7. The highest BCUT2D eigenvalue weighted by Crippen LogP contribution is 2.37. The minimum Gasteiger partial charge on any atom is -0.365 e. The Morgan fingerprint density at radius 3 is 2.71 bits per heavy atom. The van der Waals surface area contributed by atoms with Crippen molar-refractivity contribution in [3.63, 3.8) is 0 Å². The lowest BCUT2D eigenvalue weighted by Crippen LogP contribution is -2.63. The van der Waals surface area contributed by atoms with Gasteiger partial charge in [-0.3, -0.25) is 0 Å². The van der Waals surface area contributed by atoms with Crippen molar-refractivity contribution in [2.24, 2.45) is 0 Å². The predicted octanol–water partition coefficient (Wildman–Crippen LogP) is 4.51. The Hall–Kier alpha value is -0.540. The molecule has 116 valence electrons. The summed E-state index contributed by atoms with van der Waals surface area (Å²) < 4.78 is 1.20. The van der Waals surface area contributed by atoms with Crippen molar-refractivity contribution in [2.45, 2.75) is 64.0 Å². The number of piperazine rings is 1. The zero-order valence-corrected chi connectivity index (χ0v) is 14.9. The molecule has 2 fully saturated rings. The molecule has 1 heterocycles. The van der Waals surface area contributed by atoms with E-state index >= 15 is 0 Å². The van der Waals surface area contributed by atoms with Crippen LogP contribution in [0.1, 0.15) is 51.5 Å². The zero-order chi connectivity index (χ0) is 14.9. The van der Waals surface area contributed by atoms with Crippen LogP contribution in [0, 0.1) is 0 Å². The molecular weight excluding hydrogens is 324 g/mol. The molecule has 2 aliphatic rings. The summed E-state index contributed by atoms with van der Waals surface area (Å²) in [6.07, 6.45) is 7.78. The predicted molar refractivity (Wildman–Crippen MR) is 94.1 cm³/mol. The molecule has 1 N–H and O–H groups in total. The second kappa shape index (κ2) is 6.29. The van der Waals surface area contributed by atoms with Crippen molar-refractivity contribution in [3.8, 4) is 0 Å². The molecule has 0 radical (unpaired) electrons. The zero-order valence-electron chi connectivity index (χ0n) is 13.3. The fourth-order valence-corrected chi connectivity index (χ4v) is 4.51. The van der Waals surface area contributed by atoms with Crippen LogP contribution in [-0.4, -0.2) is 24.7 Å². The first kappa shape index (κ1) is 15.4. The number of halogens is 1. The molecule has 2 nitrogen and oxygen atoms in total. The quantitative estimate of drug-likeness (QED) is 0.862. The molecule has 3 rings (SSSR count). The van der Waals surface area contributed by atoms with Gasteiger partial charge in [0, 0.05) is 34.8 Å². The van der Waals surface area contributed by atoms with E-state index in [1.165, 1.54) is 54.4 Å². The average Bonchev–Trinajstić information content (AvgIpc) is 2.95. The Kier molecular flexibility index (Phi) is 4.60. The van der Waals surface area contributed by atoms with Crippen molar-refractivity contribution in [1.82, 2.24) is 5.32 Å². The van der Waals surface area contributed by atoms with Gasteiger partial charge in [0.1, 0.15) is 0 Å². The van der Waals surface area contributed by atoms with Crippen LogP contribution in [0.2, 0.25) is 0 Å². The van der Waals surface area contributed by atoms with Crippen molar-refractivity contribution >= 4 is 21.6 Å². The smallest absolute Gasteiger partial charge is 0.0413 e. The third-order valence-electron chi connectivity index (χ3n) is 5.39. The number of nitrogens with zero attached hydrogens (tertiary/aromatic N) is 1. The second-order valence-corrected chi connectivity index (χ2v) is 7.60. The molecule has 1 aliphatic heterocycles. The van der Waals surface area contributed by atoms with Gasteiger partial charge in [-0.1, -0.05) is 42.6 Å². The lowest BCUT2D eigenvalue weighted by Gasteiger charge is -2.48. The third kappa shape index (κ3) is 3.00. The largest absolute Gasteiger partial charge is 0.365 e. The average molecular weight is 351 g/mol. The molecule has 1 aromatic carbocycles. The number of hydrogen-bond donors (Lipinski definition) is 1. The van der Waals surface area contributed by atoms with Gasteiger partial charge in [-0.05, 0) is 49.4 Å². The lowest BCUT2D eigenvalue weighted by atomic mass is 9.90. The van der Waals surface area contributed by atoms with Crippen LogP contribution in [0.15, 0.2) is 22.7 Å². The maximum absolute atomic E-state index is 3.89. The van der Waals surface area contributed by atoms with Crippen molar-refractivity contribution in [2.75, 3.05) is 18.0 Å². The van der Waals surface area contributed by atoms with E-state index in [-0.39, 0.29) is 0 Å². The van der Waals surface area contributed by atoms with Crippen LogP contribution in [0.5, 0.6) is 0 Å². The molecule has 1 aliphatic carbocycles. The SMILES string of the molecule is CCc1cc(Br)ccc1N1CC2(CCCC2)NCC1CC. The Balaban J connectivity index is 1.92. The van der Waals surface area contributed by atoms with Gasteiger partial charge in [0.15, 0.2) is 0 Å². The third-order valence-corrected chi connectivity index (χ3v) is 5.88. The fourth-order valence-electron chi connectivity index (χ4n) is 4.11. The standard InChI is InChI=1S/C18H27BrN2/c1-3-14-11-15(19)7-8-17(14)21-13-18(9-5-6-10-18)20-12-16(21)4-2/h7-8,11,16,20H,3-6,9-10,12-13H2,1-2H3. The first-order chi connectivity index (χ1) is 10.2. The van der Waals surface area contributed by atoms with Crippen molar-refractivity contribution < 1.29 is 0 Å². The molecule has 1 saturated heterocycles. The number of anilines is 1. The Labute approximate surface area is 137 Å². The van der Waals surface area contributed by atoms with Gasteiger partial charge < -0.3 is 10.2 Å². The summed E-state index contributed by atoms with van der Waals surface area (Å²) in [7, 11) is 0. The summed E-state index contributed by atoms with van der Waals surface area (Å²) >= 11 is 3.62. The van der Waals surface area contributed by atoms with Gasteiger partial charge in [-0.15, -0.1) is 0 Å². The van der Waals surface area contributed by atoms with E-state index in [0.29, 0.717) is 11.6 Å². The van der Waals surface area contributed by atoms with E-state index in [2.05, 4.69) is 58.2 Å². The molecule has 21 heavy (non-hydrogen) atoms. The minimum atomic E-state index is 0.379. The van der Waals surface area contributed by atoms with Crippen LogP contribution in [0.3, 0.4) is 0 Å². The molecular formula is C18H27BrN2. The van der Waals surface area contributed by atoms with Gasteiger partial charge in [0.25, 0.3) is 0 Å². The van der Waals surface area contributed by atoms with E-state index in [4.69, 9.17) is 0 Å². The summed E-state index contributed by atoms with van der Waals surface area (Å²) in [4.78, 5) is 2.70. The molecule has 1 aromatic rings. The molecule has 0 aromatic heterocycles. The molecule has 1 atom stereocenters. The summed E-state index contributed by atoms with van der Waals surface area (Å²) in [5, 5.41) is 3.89. The number of rotatable bonds is 3. The maximum atomic E-state index is 3.89. The summed E-state index contributed by atoms with van der Waals surface area (Å²) in [6, 6.07) is 7.44. The van der Waals surface area contributed by atoms with Crippen molar-refractivity contribution in [3.05, 3.63) is 28.2 Å². The number of nitrogens with one attached hydrogen (secondary N) is 1. The van der Waals surface area contributed by atoms with Gasteiger partial charge in [0.2, 0.25) is 0 Å². The van der Waals surface area contributed by atoms with Gasteiger partial charge in [-0.25, -0.2) is 0 Å². The minimum absolute atomic E-state index is 0.379. The Morgan fingerprint density at radius 1 is 1.29 bits per heavy atom. The van der Waals surface area contributed by atoms with Crippen LogP contribution in [-0.2, 0) is 6.42 Å². The van der Waals surface area contributed by atoms with E-state index in [1.54, 1.807) is 0 Å². The number of benzene rings is 1. The molecule has 1 saturated carbocycles. The second-order valence-electron chi connectivity index (χ2n) is 6.68. The first-order valence-electron chi connectivity index (χ1n) is 8.47. The highest BCUT2D eigenvalue weighted by molar-refractivity contribution is 9.10. The Morgan fingerprint density at radius 2 is 2.05 bits per heavy atom. The number of hydrogen-bond acceptors (Lipinski definition) is 2. The van der Waals surface area contributed by atoms with Crippen LogP contribution < -0.4 is 10.2 Å². The van der Waals surface area contributed by atoms with E-state index in [0.717, 1.165) is 13.0 Å². The van der Waals surface area contributed by atoms with Gasteiger partial charge in [0.05, 0.1) is 0 Å². The summed E-state index contributed by atoms with van der Waals surface area (Å²) in [5.74, 6) is 0. The topological polar surface area (TPSA) is 15.3 Å². The molecule has 1 spiro atoms. The van der Waals surface area contributed by atoms with Crippen LogP contribution >= 0.6 is 15.9 Å². The summed E-state index contributed by atoms with van der Waals surface area (Å²) in [5.41, 5.74) is 3.31. The number of aryl methyl sites for hydroxylation is 1. The fraction of sp³-hybridized carbons (Fsp3) is 0.667. The maximum Gasteiger partial charge on any atom is 0.0413 e. The Bertz CT molecular complexity index is 494. The summed E-state index contributed by atoms with van der Waals surface area (Å²) in [6.45, 7) is 6.89. The molecule has 0 amide bonds. The van der Waals surface area contributed by atoms with Crippen LogP contribution in [0.25, 0.3) is 0 Å². The van der Waals surface area contributed by atoms with E-state index < -0.39 is 0 Å².